The van der Waals surface area contributed by atoms with Crippen LogP contribution >= 0.6 is 11.6 Å². The van der Waals surface area contributed by atoms with Gasteiger partial charge < -0.3 is 20.1 Å². The second kappa shape index (κ2) is 14.9. The zero-order valence-electron chi connectivity index (χ0n) is 28.3. The van der Waals surface area contributed by atoms with Crippen LogP contribution in [0.2, 0.25) is 5.02 Å². The van der Waals surface area contributed by atoms with Gasteiger partial charge in [-0.1, -0.05) is 36.7 Å². The molecule has 2 aliphatic heterocycles. The highest BCUT2D eigenvalue weighted by Gasteiger charge is 2.38. The van der Waals surface area contributed by atoms with E-state index in [9.17, 15) is 13.8 Å². The summed E-state index contributed by atoms with van der Waals surface area (Å²) in [6.07, 6.45) is 10.9. The largest absolute Gasteiger partial charge is 0.491 e. The number of carbonyl (C=O) groups excluding carboxylic acids is 2. The predicted molar refractivity (Wildman–Crippen MR) is 192 cm³/mol. The van der Waals surface area contributed by atoms with Crippen molar-refractivity contribution in [2.75, 3.05) is 36.6 Å². The van der Waals surface area contributed by atoms with Gasteiger partial charge in [-0.2, -0.15) is 5.10 Å². The van der Waals surface area contributed by atoms with Gasteiger partial charge in [0, 0.05) is 44.0 Å². The van der Waals surface area contributed by atoms with Crippen LogP contribution in [0.1, 0.15) is 70.9 Å². The first-order chi connectivity index (χ1) is 23.5. The molecule has 1 aliphatic carbocycles. The van der Waals surface area contributed by atoms with Gasteiger partial charge >= 0.3 is 0 Å². The van der Waals surface area contributed by atoms with Crippen LogP contribution in [0.15, 0.2) is 59.1 Å². The average Bonchev–Trinajstić information content (AvgIpc) is 3.38. The summed E-state index contributed by atoms with van der Waals surface area (Å²) in [5.41, 5.74) is 9.39. The highest BCUT2D eigenvalue weighted by Crippen LogP contribution is 2.42. The molecule has 1 aromatic heterocycles. The first-order valence-electron chi connectivity index (χ1n) is 16.9. The Morgan fingerprint density at radius 2 is 2.00 bits per heavy atom. The highest BCUT2D eigenvalue weighted by molar-refractivity contribution is 7.92. The molecule has 262 valence electrons. The van der Waals surface area contributed by atoms with Crippen LogP contribution in [0.25, 0.3) is 0 Å². The number of amides is 2. The molecule has 2 amide bonds. The van der Waals surface area contributed by atoms with Crippen LogP contribution < -0.4 is 20.1 Å². The quantitative estimate of drug-likeness (QED) is 0.317. The number of nitrogens with two attached hydrogens (primary N) is 1. The average molecular weight is 709 g/mol. The molecular formula is C36H45ClN6O5S. The summed E-state index contributed by atoms with van der Waals surface area (Å²) in [5, 5.41) is 4.73. The normalized spacial score (nSPS) is 26.9. The number of nitrogen functional groups attached to an aromatic ring is 1. The summed E-state index contributed by atoms with van der Waals surface area (Å²) in [4.78, 5) is 29.5. The van der Waals surface area contributed by atoms with E-state index in [-0.39, 0.29) is 34.7 Å². The van der Waals surface area contributed by atoms with Crippen molar-refractivity contribution in [1.29, 1.82) is 0 Å². The molecule has 0 spiro atoms. The van der Waals surface area contributed by atoms with Gasteiger partial charge in [0.05, 0.1) is 24.2 Å². The maximum Gasteiger partial charge on any atom is 0.286 e. The number of anilines is 2. The monoisotopic (exact) mass is 708 g/mol. The molecule has 11 nitrogen and oxygen atoms in total. The third-order valence-corrected chi connectivity index (χ3v) is 12.0. The third kappa shape index (κ3) is 8.13. The van der Waals surface area contributed by atoms with Crippen molar-refractivity contribution in [1.82, 2.24) is 14.5 Å². The van der Waals surface area contributed by atoms with Crippen molar-refractivity contribution in [2.45, 2.75) is 58.1 Å². The lowest BCUT2D eigenvalue weighted by Gasteiger charge is -2.43. The number of hydrogen-bond donors (Lipinski definition) is 2. The molecule has 3 N–H and O–H groups in total. The molecule has 5 atom stereocenters. The molecule has 13 heteroatoms. The van der Waals surface area contributed by atoms with Gasteiger partial charge in [-0.15, -0.1) is 4.36 Å². The van der Waals surface area contributed by atoms with Crippen molar-refractivity contribution in [3.8, 4) is 5.75 Å². The number of nitrogens with zero attached hydrogens (tertiary/aromatic N) is 4. The first-order valence-corrected chi connectivity index (χ1v) is 19.0. The Morgan fingerprint density at radius 1 is 1.16 bits per heavy atom. The number of methoxy groups -OCH3 is 1. The number of allylic oxidation sites excluding steroid dienone is 1. The van der Waals surface area contributed by atoms with Crippen LogP contribution in [0.4, 0.5) is 11.5 Å². The minimum absolute atomic E-state index is 0.00783. The second-order valence-electron chi connectivity index (χ2n) is 13.5. The number of halogens is 1. The maximum absolute atomic E-state index is 14.5. The van der Waals surface area contributed by atoms with Crippen molar-refractivity contribution in [3.63, 3.8) is 0 Å². The number of carbonyl (C=O) groups is 2. The second-order valence-corrected chi connectivity index (χ2v) is 15.9. The number of aromatic nitrogens is 2. The number of fused-ring (bicyclic) bond motifs is 3. The molecule has 1 unspecified atom stereocenters. The van der Waals surface area contributed by atoms with Crippen LogP contribution in [-0.4, -0.2) is 57.9 Å². The Morgan fingerprint density at radius 3 is 2.73 bits per heavy atom. The summed E-state index contributed by atoms with van der Waals surface area (Å²) in [6, 6.07) is 11.3. The van der Waals surface area contributed by atoms with Gasteiger partial charge in [-0.3, -0.25) is 19.0 Å². The van der Waals surface area contributed by atoms with E-state index in [2.05, 4.69) is 37.3 Å². The fraction of sp³-hybridized carbons (Fsp3) is 0.472. The molecule has 1 fully saturated rings. The minimum atomic E-state index is -3.59. The van der Waals surface area contributed by atoms with Gasteiger partial charge in [0.1, 0.15) is 21.2 Å². The zero-order chi connectivity index (χ0) is 34.7. The fourth-order valence-electron chi connectivity index (χ4n) is 7.06. The number of nitrogens with one attached hydrogen (secondary N) is 1. The fourth-order valence-corrected chi connectivity index (χ4v) is 9.13. The smallest absolute Gasteiger partial charge is 0.286 e. The van der Waals surface area contributed by atoms with Crippen LogP contribution in [-0.2, 0) is 34.7 Å². The molecule has 2 bridgehead atoms. The molecule has 0 saturated heterocycles. The molecular weight excluding hydrogens is 664 g/mol. The standard InChI is InChI=1S/C36H45ClN6O5S/c1-23-7-6-9-32(47-3)29-14-11-27(29)20-43-19-26-10-13-28(37)17-24(26)8-4-5-16-48-33-15-12-25(18-31(33)43)35(44)40-49(46,22-23)41-36(45)30-21-42(2)39-34(30)38/h6,9-10,12-13,15,17-18,21,23,27,29,32H,4-5,7-8,11,14,16,19-20,22H2,1-3H3,(H2,38,39)(H,40,41,44,45,46)/b9-6+/t23-,27-,29+,32-,49?/m0/s1. The summed E-state index contributed by atoms with van der Waals surface area (Å²) < 4.78 is 35.0. The topological polar surface area (TPSA) is 141 Å². The molecule has 2 aromatic carbocycles. The molecule has 49 heavy (non-hydrogen) atoms. The lowest BCUT2D eigenvalue weighted by molar-refractivity contribution is 0.0133. The summed E-state index contributed by atoms with van der Waals surface area (Å²) in [6.45, 7) is 3.75. The van der Waals surface area contributed by atoms with Crippen LogP contribution in [0.3, 0.4) is 0 Å². The number of aryl methyl sites for hydroxylation is 2. The summed E-state index contributed by atoms with van der Waals surface area (Å²) >= 11 is 6.45. The molecule has 3 aromatic rings. The minimum Gasteiger partial charge on any atom is -0.491 e. The van der Waals surface area contributed by atoms with E-state index in [1.165, 1.54) is 22.0 Å². The van der Waals surface area contributed by atoms with E-state index >= 15 is 0 Å². The van der Waals surface area contributed by atoms with Gasteiger partial charge in [0.15, 0.2) is 5.82 Å². The van der Waals surface area contributed by atoms with E-state index in [0.717, 1.165) is 44.3 Å². The van der Waals surface area contributed by atoms with Gasteiger partial charge in [0.25, 0.3) is 11.8 Å². The van der Waals surface area contributed by atoms with Gasteiger partial charge in [-0.25, -0.2) is 4.21 Å². The van der Waals surface area contributed by atoms with Gasteiger partial charge in [0.2, 0.25) is 0 Å². The third-order valence-electron chi connectivity index (χ3n) is 9.76. The molecule has 3 heterocycles. The van der Waals surface area contributed by atoms with Gasteiger partial charge in [-0.05, 0) is 97.7 Å². The van der Waals surface area contributed by atoms with Crippen molar-refractivity contribution >= 4 is 44.8 Å². The van der Waals surface area contributed by atoms with E-state index in [1.807, 2.05) is 19.1 Å². The van der Waals surface area contributed by atoms with Crippen molar-refractivity contribution in [2.24, 2.45) is 29.2 Å². The first kappa shape index (κ1) is 35.0. The van der Waals surface area contributed by atoms with Crippen molar-refractivity contribution < 1.29 is 23.3 Å². The lowest BCUT2D eigenvalue weighted by Crippen LogP contribution is -2.43. The molecule has 6 rings (SSSR count). The number of benzene rings is 2. The Bertz CT molecular complexity index is 1870. The van der Waals surface area contributed by atoms with E-state index in [1.54, 1.807) is 32.4 Å². The Balaban J connectivity index is 1.45. The zero-order valence-corrected chi connectivity index (χ0v) is 29.8. The number of rotatable bonds is 3. The van der Waals surface area contributed by atoms with E-state index < -0.39 is 21.7 Å². The maximum atomic E-state index is 14.5. The molecule has 3 aliphatic rings. The van der Waals surface area contributed by atoms with Crippen LogP contribution in [0, 0.1) is 17.8 Å². The van der Waals surface area contributed by atoms with Crippen LogP contribution in [0.5, 0.6) is 5.75 Å². The lowest BCUT2D eigenvalue weighted by atomic mass is 9.70. The SMILES string of the molecule is CO[C@H]1/C=C/C[C@H](C)CS(=O)(NC(=O)c2cn(C)nc2N)=NC(=O)c2ccc3c(c2)N(Cc2ccc(Cl)cc2CCCCO3)C[C@@H]2CC[C@H]21. The van der Waals surface area contributed by atoms with Crippen molar-refractivity contribution in [3.05, 3.63) is 82.0 Å². The number of ether oxygens (including phenoxy) is 2. The molecule has 0 radical (unpaired) electrons. The number of hydrogen-bond acceptors (Lipinski definition) is 8. The molecule has 1 saturated carbocycles. The Hall–Kier alpha value is -3.87. The predicted octanol–water partition coefficient (Wildman–Crippen LogP) is 5.97. The Kier molecular flexibility index (Phi) is 10.7. The van der Waals surface area contributed by atoms with E-state index in [0.29, 0.717) is 42.2 Å². The summed E-state index contributed by atoms with van der Waals surface area (Å²) in [5.74, 6) is -0.298. The Labute approximate surface area is 293 Å². The highest BCUT2D eigenvalue weighted by atomic mass is 35.5. The summed E-state index contributed by atoms with van der Waals surface area (Å²) in [7, 11) is -0.219. The van der Waals surface area contributed by atoms with E-state index in [4.69, 9.17) is 26.8 Å².